The van der Waals surface area contributed by atoms with Gasteiger partial charge in [-0.25, -0.2) is 17.9 Å². The Morgan fingerprint density at radius 3 is 2.65 bits per heavy atom. The van der Waals surface area contributed by atoms with Gasteiger partial charge in [-0.1, -0.05) is 6.58 Å². The first-order chi connectivity index (χ1) is 7.90. The van der Waals surface area contributed by atoms with Gasteiger partial charge in [0.1, 0.15) is 6.10 Å². The maximum atomic E-state index is 11.3. The van der Waals surface area contributed by atoms with E-state index in [-0.39, 0.29) is 24.0 Å². The van der Waals surface area contributed by atoms with Crippen molar-refractivity contribution in [3.8, 4) is 0 Å². The predicted molar refractivity (Wildman–Crippen MR) is 62.7 cm³/mol. The van der Waals surface area contributed by atoms with Crippen LogP contribution in [-0.2, 0) is 19.6 Å². The number of fused-ring (bicyclic) bond motifs is 2. The lowest BCUT2D eigenvalue weighted by Gasteiger charge is -2.30. The highest BCUT2D eigenvalue weighted by Crippen LogP contribution is 2.46. The number of hydrogen-bond acceptors (Lipinski definition) is 4. The van der Waals surface area contributed by atoms with Gasteiger partial charge in [-0.3, -0.25) is 0 Å². The number of ether oxygens (including phenoxy) is 1. The number of carbonyl (C=O) groups is 1. The van der Waals surface area contributed by atoms with E-state index in [1.807, 2.05) is 0 Å². The largest absolute Gasteiger partial charge is 0.457 e. The SMILES string of the molecule is C=CC(=O)OC1C2CCC(C2)C1NS(C)(=O)=O. The van der Waals surface area contributed by atoms with E-state index in [0.717, 1.165) is 31.6 Å². The van der Waals surface area contributed by atoms with Gasteiger partial charge in [0.2, 0.25) is 10.0 Å². The fourth-order valence-electron chi connectivity index (χ4n) is 3.00. The van der Waals surface area contributed by atoms with Crippen LogP contribution in [-0.4, -0.2) is 32.8 Å². The van der Waals surface area contributed by atoms with Crippen molar-refractivity contribution in [1.82, 2.24) is 4.72 Å². The minimum absolute atomic E-state index is 0.271. The zero-order chi connectivity index (χ0) is 12.6. The highest BCUT2D eigenvalue weighted by molar-refractivity contribution is 7.88. The summed E-state index contributed by atoms with van der Waals surface area (Å²) >= 11 is 0. The Labute approximate surface area is 101 Å². The third-order valence-electron chi connectivity index (χ3n) is 3.61. The summed E-state index contributed by atoms with van der Waals surface area (Å²) in [6.07, 6.45) is 4.84. The molecule has 2 aliphatic carbocycles. The summed E-state index contributed by atoms with van der Waals surface area (Å²) in [6, 6.07) is -0.271. The molecule has 0 aromatic carbocycles. The van der Waals surface area contributed by atoms with Gasteiger partial charge >= 0.3 is 5.97 Å². The molecule has 4 unspecified atom stereocenters. The lowest BCUT2D eigenvalue weighted by Crippen LogP contribution is -2.48. The van der Waals surface area contributed by atoms with E-state index in [1.54, 1.807) is 0 Å². The van der Waals surface area contributed by atoms with E-state index in [2.05, 4.69) is 11.3 Å². The average Bonchev–Trinajstić information content (AvgIpc) is 2.79. The van der Waals surface area contributed by atoms with Gasteiger partial charge in [-0.15, -0.1) is 0 Å². The Bertz CT molecular complexity index is 431. The van der Waals surface area contributed by atoms with Crippen molar-refractivity contribution in [3.05, 3.63) is 12.7 Å². The molecule has 0 heterocycles. The number of nitrogens with one attached hydrogen (secondary N) is 1. The molecule has 2 rings (SSSR count). The number of carbonyl (C=O) groups excluding carboxylic acids is 1. The Kier molecular flexibility index (Phi) is 3.27. The summed E-state index contributed by atoms with van der Waals surface area (Å²) in [5, 5.41) is 0. The summed E-state index contributed by atoms with van der Waals surface area (Å²) in [4.78, 5) is 11.2. The molecule has 0 spiro atoms. The van der Waals surface area contributed by atoms with Crippen LogP contribution in [0.4, 0.5) is 0 Å². The molecule has 5 nitrogen and oxygen atoms in total. The van der Waals surface area contributed by atoms with Gasteiger partial charge in [0, 0.05) is 6.08 Å². The zero-order valence-corrected chi connectivity index (χ0v) is 10.6. The third-order valence-corrected chi connectivity index (χ3v) is 4.31. The molecule has 4 atom stereocenters. The quantitative estimate of drug-likeness (QED) is 0.587. The molecule has 0 aromatic heterocycles. The normalized spacial score (nSPS) is 35.8. The standard InChI is InChI=1S/C11H17NO4S/c1-3-9(13)16-11-8-5-4-7(6-8)10(11)12-17(2,14)15/h3,7-8,10-12H,1,4-6H2,2H3. The molecule has 0 aliphatic heterocycles. The van der Waals surface area contributed by atoms with E-state index in [4.69, 9.17) is 4.74 Å². The number of esters is 1. The second-order valence-electron chi connectivity index (χ2n) is 4.85. The number of hydrogen-bond donors (Lipinski definition) is 1. The first-order valence-corrected chi connectivity index (χ1v) is 7.60. The van der Waals surface area contributed by atoms with E-state index < -0.39 is 16.0 Å². The number of rotatable bonds is 4. The summed E-state index contributed by atoms with van der Waals surface area (Å²) < 4.78 is 30.4. The van der Waals surface area contributed by atoms with Crippen molar-refractivity contribution in [3.63, 3.8) is 0 Å². The van der Waals surface area contributed by atoms with E-state index in [1.165, 1.54) is 0 Å². The highest BCUT2D eigenvalue weighted by atomic mass is 32.2. The molecular formula is C11H17NO4S. The van der Waals surface area contributed by atoms with Crippen LogP contribution in [0.15, 0.2) is 12.7 Å². The molecule has 17 heavy (non-hydrogen) atoms. The fourth-order valence-corrected chi connectivity index (χ4v) is 3.82. The summed E-state index contributed by atoms with van der Waals surface area (Å²) in [7, 11) is -3.27. The van der Waals surface area contributed by atoms with E-state index in [9.17, 15) is 13.2 Å². The Morgan fingerprint density at radius 1 is 1.41 bits per heavy atom. The first kappa shape index (κ1) is 12.6. The minimum Gasteiger partial charge on any atom is -0.457 e. The molecule has 2 saturated carbocycles. The molecule has 2 aliphatic rings. The zero-order valence-electron chi connectivity index (χ0n) is 9.76. The van der Waals surface area contributed by atoms with Gasteiger partial charge in [-0.05, 0) is 31.1 Å². The van der Waals surface area contributed by atoms with Gasteiger partial charge in [0.25, 0.3) is 0 Å². The second kappa shape index (κ2) is 4.42. The molecule has 0 saturated heterocycles. The van der Waals surface area contributed by atoms with Gasteiger partial charge in [0.15, 0.2) is 0 Å². The molecular weight excluding hydrogens is 242 g/mol. The van der Waals surface area contributed by atoms with Crippen LogP contribution in [0.25, 0.3) is 0 Å². The van der Waals surface area contributed by atoms with Crippen molar-refractivity contribution in [1.29, 1.82) is 0 Å². The first-order valence-electron chi connectivity index (χ1n) is 5.71. The van der Waals surface area contributed by atoms with Crippen LogP contribution in [0.3, 0.4) is 0 Å². The van der Waals surface area contributed by atoms with Crippen LogP contribution in [0.5, 0.6) is 0 Å². The third kappa shape index (κ3) is 2.69. The Balaban J connectivity index is 2.11. The Morgan fingerprint density at radius 2 is 2.06 bits per heavy atom. The van der Waals surface area contributed by atoms with Crippen LogP contribution < -0.4 is 4.72 Å². The molecule has 1 N–H and O–H groups in total. The lowest BCUT2D eigenvalue weighted by atomic mass is 9.93. The highest BCUT2D eigenvalue weighted by Gasteiger charge is 2.50. The monoisotopic (exact) mass is 259 g/mol. The molecule has 2 fully saturated rings. The second-order valence-corrected chi connectivity index (χ2v) is 6.63. The van der Waals surface area contributed by atoms with Crippen molar-refractivity contribution < 1.29 is 17.9 Å². The molecule has 0 aromatic rings. The van der Waals surface area contributed by atoms with Crippen molar-refractivity contribution in [2.24, 2.45) is 11.8 Å². The maximum Gasteiger partial charge on any atom is 0.330 e. The van der Waals surface area contributed by atoms with Crippen LogP contribution in [0, 0.1) is 11.8 Å². The fraction of sp³-hybridized carbons (Fsp3) is 0.727. The predicted octanol–water partition coefficient (Wildman–Crippen LogP) is 0.432. The van der Waals surface area contributed by atoms with Crippen molar-refractivity contribution in [2.75, 3.05) is 6.26 Å². The van der Waals surface area contributed by atoms with E-state index >= 15 is 0 Å². The molecule has 96 valence electrons. The topological polar surface area (TPSA) is 72.5 Å². The smallest absolute Gasteiger partial charge is 0.330 e. The average molecular weight is 259 g/mol. The van der Waals surface area contributed by atoms with Crippen LogP contribution in [0.1, 0.15) is 19.3 Å². The van der Waals surface area contributed by atoms with Crippen molar-refractivity contribution in [2.45, 2.75) is 31.4 Å². The lowest BCUT2D eigenvalue weighted by molar-refractivity contribution is -0.146. The molecule has 0 radical (unpaired) electrons. The van der Waals surface area contributed by atoms with Crippen LogP contribution >= 0.6 is 0 Å². The Hall–Kier alpha value is -0.880. The maximum absolute atomic E-state index is 11.3. The number of sulfonamides is 1. The van der Waals surface area contributed by atoms with Gasteiger partial charge < -0.3 is 4.74 Å². The summed E-state index contributed by atoms with van der Waals surface area (Å²) in [6.45, 7) is 3.35. The van der Waals surface area contributed by atoms with Gasteiger partial charge in [0.05, 0.1) is 12.3 Å². The molecule has 6 heteroatoms. The molecule has 0 amide bonds. The molecule has 2 bridgehead atoms. The summed E-state index contributed by atoms with van der Waals surface area (Å²) in [5.74, 6) is 0.0864. The van der Waals surface area contributed by atoms with Gasteiger partial charge in [-0.2, -0.15) is 0 Å². The van der Waals surface area contributed by atoms with Crippen molar-refractivity contribution >= 4 is 16.0 Å². The van der Waals surface area contributed by atoms with Crippen LogP contribution in [0.2, 0.25) is 0 Å². The summed E-state index contributed by atoms with van der Waals surface area (Å²) in [5.41, 5.74) is 0. The minimum atomic E-state index is -3.27. The van der Waals surface area contributed by atoms with E-state index in [0.29, 0.717) is 0 Å².